The number of methoxy groups -OCH3 is 1. The van der Waals surface area contributed by atoms with Gasteiger partial charge in [0.15, 0.2) is 5.69 Å². The van der Waals surface area contributed by atoms with Crippen molar-refractivity contribution in [1.29, 1.82) is 10.5 Å². The van der Waals surface area contributed by atoms with Gasteiger partial charge in [-0.05, 0) is 256 Å². The summed E-state index contributed by atoms with van der Waals surface area (Å²) in [6.45, 7) is 18.7. The van der Waals surface area contributed by atoms with Crippen molar-refractivity contribution < 1.29 is 106 Å². The first kappa shape index (κ1) is 121. The van der Waals surface area contributed by atoms with E-state index in [0.717, 1.165) is 133 Å². The van der Waals surface area contributed by atoms with Gasteiger partial charge in [-0.3, -0.25) is 58.4 Å². The Hall–Kier alpha value is -13.0. The zero-order valence-corrected chi connectivity index (χ0v) is 83.3. The fraction of sp³-hybridized carbons (Fsp3) is 0.208. The van der Waals surface area contributed by atoms with Crippen LogP contribution in [0.5, 0.6) is 0 Å². The van der Waals surface area contributed by atoms with Crippen molar-refractivity contribution in [3.8, 4) is 34.4 Å². The molecule has 0 amide bonds. The predicted octanol–water partition coefficient (Wildman–Crippen LogP) is 21.2. The maximum atomic E-state index is 11.6. The van der Waals surface area contributed by atoms with Gasteiger partial charge < -0.3 is 48.6 Å². The maximum Gasteiger partial charge on any atom is 1.00 e. The number of rotatable bonds is 25. The fourth-order valence-electron chi connectivity index (χ4n) is 12.9. The Balaban J connectivity index is 0.000000415. The van der Waals surface area contributed by atoms with Gasteiger partial charge in [0.1, 0.15) is 18.2 Å². The number of carbonyl (C=O) groups excluding carboxylic acids is 6. The van der Waals surface area contributed by atoms with Crippen molar-refractivity contribution in [2.24, 2.45) is 0 Å². The molecule has 720 valence electrons. The number of carboxylic acids is 1. The standard InChI is InChI=1S/C21H18N2O2.C19H14N2O2.C14H14BrNO2.C14H12BrNO2.C11H8BrNO2.C10H6BrNO.C7H6BNO2.C7H15O4P.3CH4.Li.H2O/c1-2-25-21(24)10-6-15-3-9-18-13-23-14-20(19(18)11-15)17-7-4-16(12-22)5-8-17;20-10-14-2-5-15(6-3-14)18-12-21-11-16-7-1-13(9-17(16)18)4-8-19(22)23;2*1-2-18-14(17)6-4-10-3-5-11-8-16-9-13(15)12(11)7-10;1-15-11(14)7-2-3-8-5-13-6-10(12)9(8)4-7;11-10-5-12-4-8-2-1-7(6-13)3-9(8)10;1-9-7-4-2-6(3-5-7)8(10)11;1-4-10-12(9,11-5-2)6-7(3)8;;;;;/h3-5,7-9,11,13-14H,2,6,10H2,1H3;1-3,5-7,9,11-12H,4,8H2,(H,22,23);3,5,7-9H,2,4,6H2,1H3;3-9H,2H2,1H3;2-6H,1H3;1-6H;2-5,10-11H;4-6H2,1-3H3;3*1H4;;1H2/q;;;;;;;;;;;+1;/p-1/b;;;6-4+;;;;;;;;;. The van der Waals surface area contributed by atoms with Crippen LogP contribution in [0, 0.1) is 29.2 Å². The minimum absolute atomic E-state index is 0. The second kappa shape index (κ2) is 63.5. The summed E-state index contributed by atoms with van der Waals surface area (Å²) in [5, 5.41) is 56.5. The van der Waals surface area contributed by atoms with E-state index in [2.05, 4.69) is 127 Å². The number of carbonyl (C=O) groups is 7. The van der Waals surface area contributed by atoms with Crippen LogP contribution in [0.15, 0.2) is 280 Å². The molecule has 9 aromatic carbocycles. The van der Waals surface area contributed by atoms with Crippen LogP contribution in [0.1, 0.15) is 137 Å². The Kier molecular flexibility index (Phi) is 55.0. The molecule has 0 saturated heterocycles. The molecular formula is C106H106BBr4LiN9O18P. The molecular weight excluding hydrogens is 2060 g/mol. The average Bonchev–Trinajstić information content (AvgIpc) is 0.788. The summed E-state index contributed by atoms with van der Waals surface area (Å²) in [7, 11) is -3.21. The molecule has 0 saturated carbocycles. The summed E-state index contributed by atoms with van der Waals surface area (Å²) >= 11 is 13.7. The number of benzene rings is 9. The Bertz CT molecular complexity index is 6870. The Morgan fingerprint density at radius 3 is 1.19 bits per heavy atom. The van der Waals surface area contributed by atoms with Crippen LogP contribution in [0.4, 0.5) is 5.69 Å². The smallest absolute Gasteiger partial charge is 0.870 e. The minimum atomic E-state index is -3.12. The van der Waals surface area contributed by atoms with Gasteiger partial charge >= 0.3 is 63.4 Å². The second-order valence-corrected chi connectivity index (χ2v) is 34.4. The van der Waals surface area contributed by atoms with E-state index in [4.69, 9.17) is 55.5 Å². The van der Waals surface area contributed by atoms with Crippen LogP contribution in [-0.4, -0.2) is 146 Å². The van der Waals surface area contributed by atoms with E-state index >= 15 is 0 Å². The summed E-state index contributed by atoms with van der Waals surface area (Å²) in [5.41, 5.74) is 11.5. The van der Waals surface area contributed by atoms with E-state index in [1.165, 1.54) is 32.2 Å². The van der Waals surface area contributed by atoms with Gasteiger partial charge in [-0.25, -0.2) is 14.4 Å². The first-order chi connectivity index (χ1) is 65.1. The molecule has 0 atom stereocenters. The van der Waals surface area contributed by atoms with Gasteiger partial charge in [-0.1, -0.05) is 150 Å². The van der Waals surface area contributed by atoms with Gasteiger partial charge in [0.25, 0.3) is 0 Å². The van der Waals surface area contributed by atoms with Crippen LogP contribution >= 0.6 is 71.3 Å². The number of ether oxygens (including phenoxy) is 4. The largest absolute Gasteiger partial charge is 1.00 e. The van der Waals surface area contributed by atoms with Crippen LogP contribution in [0.3, 0.4) is 0 Å². The molecule has 0 unspecified atom stereocenters. The monoisotopic (exact) mass is 2160 g/mol. The minimum Gasteiger partial charge on any atom is -0.870 e. The molecule has 0 bridgehead atoms. The Morgan fingerprint density at radius 2 is 0.821 bits per heavy atom. The molecule has 0 aliphatic carbocycles. The normalized spacial score (nSPS) is 10.1. The zero-order chi connectivity index (χ0) is 97.8. The van der Waals surface area contributed by atoms with Crippen LogP contribution in [0.25, 0.3) is 97.8 Å². The first-order valence-corrected chi connectivity index (χ1v) is 47.0. The second-order valence-electron chi connectivity index (χ2n) is 28.9. The number of pyridine rings is 6. The average molecular weight is 2160 g/mol. The van der Waals surface area contributed by atoms with Gasteiger partial charge in [0, 0.05) is 167 Å². The number of hydrogen-bond donors (Lipinski definition) is 3. The zero-order valence-electron chi connectivity index (χ0n) is 76.0. The number of nitriles is 2. The first-order valence-electron chi connectivity index (χ1n) is 42.1. The number of Topliss-reactive ketones (excluding diaryl/α,β-unsaturated/α-hetero) is 1. The van der Waals surface area contributed by atoms with Gasteiger partial charge in [0.2, 0.25) is 0 Å². The number of halogens is 4. The maximum absolute atomic E-state index is 11.6. The van der Waals surface area contributed by atoms with Crippen molar-refractivity contribution in [1.82, 2.24) is 29.9 Å². The number of aldehydes is 1. The van der Waals surface area contributed by atoms with Crippen molar-refractivity contribution >= 4 is 202 Å². The molecule has 0 spiro atoms. The number of aromatic nitrogens is 6. The topological polar surface area (TPSA) is 412 Å². The molecule has 15 rings (SSSR count). The molecule has 0 aliphatic heterocycles. The van der Waals surface area contributed by atoms with Crippen molar-refractivity contribution in [2.75, 3.05) is 46.3 Å². The molecule has 0 radical (unpaired) electrons. The van der Waals surface area contributed by atoms with E-state index in [1.54, 1.807) is 137 Å². The molecule has 140 heavy (non-hydrogen) atoms. The third-order valence-electron chi connectivity index (χ3n) is 19.4. The van der Waals surface area contributed by atoms with Gasteiger partial charge in [-0.2, -0.15) is 10.5 Å². The number of aryl methyl sites for hydroxylation is 3. The van der Waals surface area contributed by atoms with E-state index in [0.29, 0.717) is 98.5 Å². The number of carboxylic acid groups (broad SMARTS) is 1. The molecule has 4 N–H and O–H groups in total. The summed E-state index contributed by atoms with van der Waals surface area (Å²) in [5.74, 6) is -1.96. The van der Waals surface area contributed by atoms with Crippen LogP contribution in [0.2, 0.25) is 0 Å². The van der Waals surface area contributed by atoms with Crippen molar-refractivity contribution in [3.63, 3.8) is 0 Å². The molecule has 6 heterocycles. The summed E-state index contributed by atoms with van der Waals surface area (Å²) in [4.78, 5) is 105. The molecule has 34 heteroatoms. The number of esters is 4. The number of fused-ring (bicyclic) bond motifs is 6. The van der Waals surface area contributed by atoms with Gasteiger partial charge in [0.05, 0.1) is 75.5 Å². The Labute approximate surface area is 860 Å². The number of ketones is 1. The fourth-order valence-corrected chi connectivity index (χ4v) is 16.3. The Morgan fingerprint density at radius 1 is 0.464 bits per heavy atom. The van der Waals surface area contributed by atoms with E-state index in [-0.39, 0.29) is 88.9 Å². The number of nitrogens with zero attached hydrogens (tertiary/aromatic N) is 9. The summed E-state index contributed by atoms with van der Waals surface area (Å²) in [6.07, 6.45) is 28.0. The van der Waals surface area contributed by atoms with E-state index in [1.807, 2.05) is 136 Å². The molecule has 6 aromatic heterocycles. The molecule has 27 nitrogen and oxygen atoms in total. The van der Waals surface area contributed by atoms with Crippen molar-refractivity contribution in [2.45, 2.75) is 102 Å². The van der Waals surface area contributed by atoms with Crippen molar-refractivity contribution in [3.05, 3.63) is 336 Å². The van der Waals surface area contributed by atoms with Crippen LogP contribution in [-0.2, 0) is 75.8 Å². The van der Waals surface area contributed by atoms with Crippen LogP contribution < -0.4 is 24.3 Å². The number of aliphatic carboxylic acids is 1. The molecule has 0 fully saturated rings. The number of hydrogen-bond acceptors (Lipinski definition) is 25. The third-order valence-corrected chi connectivity index (χ3v) is 24.0. The molecule has 0 aliphatic rings. The molecule has 15 aromatic rings. The van der Waals surface area contributed by atoms with E-state index in [9.17, 15) is 38.1 Å². The third kappa shape index (κ3) is 38.6. The van der Waals surface area contributed by atoms with E-state index < -0.39 is 20.7 Å². The predicted molar refractivity (Wildman–Crippen MR) is 561 cm³/mol. The summed E-state index contributed by atoms with van der Waals surface area (Å²) < 4.78 is 44.4. The SMILES string of the molecule is C.C.C.CCOC(=O)/C=C/c1ccc2cncc(Br)c2c1.CCOC(=O)CCc1ccc2cncc(-c3ccc(C#N)cc3)c2c1.CCOC(=O)CCc1ccc2cncc(Br)c2c1.CCOP(=O)(CC(C)=O)OCC.COC(=O)c1ccc2cncc(Br)c2c1.N#Cc1ccc(-c2cncc3ccc(CCC(=O)O)cc23)cc1.O=Cc1ccc2cncc(Br)c2c1.[C-]#[N+]c1ccc(B(O)O)cc1.[Li+].[OH-]. The summed E-state index contributed by atoms with van der Waals surface area (Å²) in [6, 6.07) is 60.1. The quantitative estimate of drug-likeness (QED) is 0.00910. The van der Waals surface area contributed by atoms with Gasteiger partial charge in [-0.15, -0.1) is 0 Å².